The topological polar surface area (TPSA) is 65.3 Å². The van der Waals surface area contributed by atoms with Crippen LogP contribution < -0.4 is 4.74 Å². The molecule has 100 valence electrons. The van der Waals surface area contributed by atoms with Crippen LogP contribution in [0.15, 0.2) is 6.07 Å². The predicted octanol–water partition coefficient (Wildman–Crippen LogP) is 2.95. The summed E-state index contributed by atoms with van der Waals surface area (Å²) in [6, 6.07) is 0.275. The first-order chi connectivity index (χ1) is 8.18. The van der Waals surface area contributed by atoms with Gasteiger partial charge in [-0.3, -0.25) is 10.1 Å². The van der Waals surface area contributed by atoms with E-state index in [0.717, 1.165) is 7.11 Å². The molecular formula is C8H5F5N2O3. The molecular weight excluding hydrogens is 267 g/mol. The summed E-state index contributed by atoms with van der Waals surface area (Å²) in [5, 5.41) is 10.5. The van der Waals surface area contributed by atoms with Crippen molar-refractivity contribution in [3.63, 3.8) is 0 Å². The van der Waals surface area contributed by atoms with E-state index in [4.69, 9.17) is 0 Å². The number of hydrogen-bond acceptors (Lipinski definition) is 4. The molecule has 0 atom stereocenters. The third-order valence-corrected chi connectivity index (χ3v) is 1.89. The first kappa shape index (κ1) is 14.1. The fourth-order valence-electron chi connectivity index (χ4n) is 1.16. The number of halogens is 5. The zero-order valence-electron chi connectivity index (χ0n) is 8.66. The normalized spacial score (nSPS) is 11.7. The van der Waals surface area contributed by atoms with Crippen molar-refractivity contribution < 1.29 is 31.6 Å². The van der Waals surface area contributed by atoms with Crippen LogP contribution in [0.3, 0.4) is 0 Å². The minimum absolute atomic E-state index is 0.275. The molecule has 0 N–H and O–H groups in total. The van der Waals surface area contributed by atoms with Crippen molar-refractivity contribution in [1.29, 1.82) is 0 Å². The quantitative estimate of drug-likeness (QED) is 0.482. The Kier molecular flexibility index (Phi) is 3.67. The zero-order chi connectivity index (χ0) is 14.1. The first-order valence-corrected chi connectivity index (χ1v) is 4.27. The lowest BCUT2D eigenvalue weighted by molar-refractivity contribution is -0.386. The number of hydrogen-bond donors (Lipinski definition) is 0. The van der Waals surface area contributed by atoms with Gasteiger partial charge in [-0.15, -0.1) is 0 Å². The number of nitrogens with zero attached hydrogens (tertiary/aromatic N) is 2. The Bertz CT molecular complexity index is 475. The number of ether oxygens (including phenoxy) is 1. The zero-order valence-corrected chi connectivity index (χ0v) is 8.66. The van der Waals surface area contributed by atoms with E-state index in [0.29, 0.717) is 0 Å². The molecule has 18 heavy (non-hydrogen) atoms. The van der Waals surface area contributed by atoms with Gasteiger partial charge < -0.3 is 4.74 Å². The largest absolute Gasteiger partial charge is 0.494 e. The summed E-state index contributed by atoms with van der Waals surface area (Å²) in [5.41, 5.74) is -4.51. The molecule has 0 amide bonds. The molecule has 1 aromatic heterocycles. The van der Waals surface area contributed by atoms with E-state index in [-0.39, 0.29) is 6.07 Å². The fourth-order valence-corrected chi connectivity index (χ4v) is 1.16. The highest BCUT2D eigenvalue weighted by atomic mass is 19.4. The van der Waals surface area contributed by atoms with Gasteiger partial charge in [0.05, 0.1) is 18.1 Å². The number of aromatic nitrogens is 1. The van der Waals surface area contributed by atoms with E-state index < -0.39 is 40.3 Å². The van der Waals surface area contributed by atoms with E-state index in [1.807, 2.05) is 0 Å². The maximum atomic E-state index is 12.5. The average molecular weight is 272 g/mol. The monoisotopic (exact) mass is 272 g/mol. The average Bonchev–Trinajstić information content (AvgIpc) is 2.25. The maximum Gasteiger partial charge on any atom is 0.437 e. The molecule has 0 aliphatic carbocycles. The van der Waals surface area contributed by atoms with Crippen LogP contribution in [0.25, 0.3) is 0 Å². The number of alkyl halides is 5. The molecule has 0 spiro atoms. The van der Waals surface area contributed by atoms with Crippen molar-refractivity contribution >= 4 is 5.69 Å². The Morgan fingerprint density at radius 2 is 2.00 bits per heavy atom. The van der Waals surface area contributed by atoms with Crippen LogP contribution in [-0.4, -0.2) is 17.0 Å². The Morgan fingerprint density at radius 3 is 2.33 bits per heavy atom. The van der Waals surface area contributed by atoms with Crippen LogP contribution in [0.5, 0.6) is 5.75 Å². The van der Waals surface area contributed by atoms with Crippen LogP contribution in [-0.2, 0) is 6.18 Å². The molecule has 0 aliphatic rings. The Morgan fingerprint density at radius 1 is 1.44 bits per heavy atom. The second-order valence-corrected chi connectivity index (χ2v) is 3.00. The van der Waals surface area contributed by atoms with Gasteiger partial charge in [0, 0.05) is 0 Å². The molecule has 0 saturated heterocycles. The smallest absolute Gasteiger partial charge is 0.437 e. The minimum Gasteiger partial charge on any atom is -0.494 e. The van der Waals surface area contributed by atoms with Gasteiger partial charge in [0.25, 0.3) is 12.1 Å². The lowest BCUT2D eigenvalue weighted by Crippen LogP contribution is -2.13. The van der Waals surface area contributed by atoms with Gasteiger partial charge in [-0.2, -0.15) is 13.2 Å². The summed E-state index contributed by atoms with van der Waals surface area (Å²) in [6.45, 7) is 0. The summed E-state index contributed by atoms with van der Waals surface area (Å²) < 4.78 is 66.5. The molecule has 5 nitrogen and oxygen atoms in total. The third-order valence-electron chi connectivity index (χ3n) is 1.89. The third kappa shape index (κ3) is 2.63. The van der Waals surface area contributed by atoms with Crippen LogP contribution >= 0.6 is 0 Å². The van der Waals surface area contributed by atoms with Crippen molar-refractivity contribution in [2.24, 2.45) is 0 Å². The van der Waals surface area contributed by atoms with Crippen LogP contribution in [0.1, 0.15) is 17.8 Å². The standard InChI is InChI=1S/C8H5F5N2O3/c1-18-4-2-3(15(16)17)5(7(9)10)14-6(4)8(11,12)13/h2,7H,1H3. The van der Waals surface area contributed by atoms with E-state index in [2.05, 4.69) is 9.72 Å². The first-order valence-electron chi connectivity index (χ1n) is 4.27. The maximum absolute atomic E-state index is 12.5. The van der Waals surface area contributed by atoms with Crippen molar-refractivity contribution in [3.05, 3.63) is 27.6 Å². The van der Waals surface area contributed by atoms with E-state index in [1.54, 1.807) is 0 Å². The van der Waals surface area contributed by atoms with Gasteiger partial charge in [-0.25, -0.2) is 13.8 Å². The highest BCUT2D eigenvalue weighted by Gasteiger charge is 2.40. The molecule has 1 aromatic rings. The summed E-state index contributed by atoms with van der Waals surface area (Å²) in [6.07, 6.45) is -8.55. The number of methoxy groups -OCH3 is 1. The lowest BCUT2D eigenvalue weighted by atomic mass is 10.2. The van der Waals surface area contributed by atoms with Crippen molar-refractivity contribution in [3.8, 4) is 5.75 Å². The van der Waals surface area contributed by atoms with Gasteiger partial charge in [0.15, 0.2) is 17.1 Å². The summed E-state index contributed by atoms with van der Waals surface area (Å²) >= 11 is 0. The molecule has 10 heteroatoms. The highest BCUT2D eigenvalue weighted by Crippen LogP contribution is 2.39. The number of nitro groups is 1. The second-order valence-electron chi connectivity index (χ2n) is 3.00. The SMILES string of the molecule is COc1cc([N+](=O)[O-])c(C(F)F)nc1C(F)(F)F. The van der Waals surface area contributed by atoms with E-state index in [1.165, 1.54) is 0 Å². The van der Waals surface area contributed by atoms with E-state index in [9.17, 15) is 32.1 Å². The van der Waals surface area contributed by atoms with Crippen molar-refractivity contribution in [2.75, 3.05) is 7.11 Å². The van der Waals surface area contributed by atoms with Gasteiger partial charge in [-0.1, -0.05) is 0 Å². The molecule has 0 aromatic carbocycles. The molecule has 0 fully saturated rings. The molecule has 0 saturated carbocycles. The van der Waals surface area contributed by atoms with Gasteiger partial charge >= 0.3 is 6.18 Å². The second kappa shape index (κ2) is 4.70. The molecule has 1 heterocycles. The van der Waals surface area contributed by atoms with Gasteiger partial charge in [0.2, 0.25) is 0 Å². The Labute approximate surface area is 96.3 Å². The predicted molar refractivity (Wildman–Crippen MR) is 47.4 cm³/mol. The molecule has 1 rings (SSSR count). The van der Waals surface area contributed by atoms with Gasteiger partial charge in [-0.05, 0) is 0 Å². The van der Waals surface area contributed by atoms with Crippen LogP contribution in [0.4, 0.5) is 27.6 Å². The molecule has 0 aliphatic heterocycles. The van der Waals surface area contributed by atoms with Crippen molar-refractivity contribution in [1.82, 2.24) is 4.98 Å². The van der Waals surface area contributed by atoms with Gasteiger partial charge in [0.1, 0.15) is 0 Å². The number of rotatable bonds is 3. The summed E-state index contributed by atoms with van der Waals surface area (Å²) in [7, 11) is 0.817. The van der Waals surface area contributed by atoms with Crippen LogP contribution in [0.2, 0.25) is 0 Å². The fraction of sp³-hybridized carbons (Fsp3) is 0.375. The number of pyridine rings is 1. The Balaban J connectivity index is 3.57. The Hall–Kier alpha value is -2.00. The molecule has 0 radical (unpaired) electrons. The lowest BCUT2D eigenvalue weighted by Gasteiger charge is -2.12. The van der Waals surface area contributed by atoms with Crippen molar-refractivity contribution in [2.45, 2.75) is 12.6 Å². The molecule has 0 unspecified atom stereocenters. The summed E-state index contributed by atoms with van der Waals surface area (Å²) in [4.78, 5) is 11.8. The van der Waals surface area contributed by atoms with E-state index >= 15 is 0 Å². The highest BCUT2D eigenvalue weighted by molar-refractivity contribution is 5.46. The summed E-state index contributed by atoms with van der Waals surface area (Å²) in [5.74, 6) is -0.987. The minimum atomic E-state index is -5.05. The molecule has 0 bridgehead atoms. The van der Waals surface area contributed by atoms with Crippen LogP contribution in [0, 0.1) is 10.1 Å².